The van der Waals surface area contributed by atoms with Crippen molar-refractivity contribution in [3.63, 3.8) is 0 Å². The van der Waals surface area contributed by atoms with Crippen LogP contribution in [0.1, 0.15) is 41.0 Å². The van der Waals surface area contributed by atoms with Gasteiger partial charge in [-0.2, -0.15) is 0 Å². The summed E-state index contributed by atoms with van der Waals surface area (Å²) in [6.45, 7) is 9.37. The van der Waals surface area contributed by atoms with E-state index in [0.29, 0.717) is 0 Å². The third kappa shape index (κ3) is 6.01. The van der Waals surface area contributed by atoms with Crippen molar-refractivity contribution in [3.05, 3.63) is 0 Å². The molecular formula is C12H21NO2. The molecule has 3 heteroatoms. The predicted octanol–water partition coefficient (Wildman–Crippen LogP) is 2.56. The number of carbonyl (C=O) groups excluding carboxylic acids is 1. The third-order valence-electron chi connectivity index (χ3n) is 2.00. The first-order valence-corrected chi connectivity index (χ1v) is 5.25. The van der Waals surface area contributed by atoms with Gasteiger partial charge in [-0.3, -0.25) is 0 Å². The van der Waals surface area contributed by atoms with E-state index in [-0.39, 0.29) is 12.0 Å². The van der Waals surface area contributed by atoms with E-state index < -0.39 is 11.7 Å². The zero-order valence-corrected chi connectivity index (χ0v) is 10.3. The zero-order valence-electron chi connectivity index (χ0n) is 10.3. The van der Waals surface area contributed by atoms with Crippen molar-refractivity contribution in [3.8, 4) is 12.3 Å². The van der Waals surface area contributed by atoms with Crippen LogP contribution in [0, 0.1) is 18.3 Å². The van der Waals surface area contributed by atoms with Gasteiger partial charge in [0.1, 0.15) is 5.60 Å². The number of ether oxygens (including phenoxy) is 1. The Kier molecular flexibility index (Phi) is 5.21. The van der Waals surface area contributed by atoms with E-state index in [4.69, 9.17) is 11.2 Å². The molecule has 0 heterocycles. The van der Waals surface area contributed by atoms with Crippen molar-refractivity contribution < 1.29 is 9.53 Å². The van der Waals surface area contributed by atoms with E-state index in [1.807, 2.05) is 34.6 Å². The van der Waals surface area contributed by atoms with Crippen LogP contribution in [-0.2, 0) is 4.74 Å². The van der Waals surface area contributed by atoms with E-state index in [2.05, 4.69) is 11.2 Å². The molecule has 0 bridgehead atoms. The van der Waals surface area contributed by atoms with Gasteiger partial charge in [0.2, 0.25) is 0 Å². The maximum atomic E-state index is 11.4. The second-order valence-corrected chi connectivity index (χ2v) is 4.62. The van der Waals surface area contributed by atoms with Gasteiger partial charge in [-0.25, -0.2) is 4.79 Å². The third-order valence-corrected chi connectivity index (χ3v) is 2.00. The van der Waals surface area contributed by atoms with Crippen LogP contribution in [0.3, 0.4) is 0 Å². The molecule has 0 rings (SSSR count). The molecule has 0 aliphatic heterocycles. The fourth-order valence-corrected chi connectivity index (χ4v) is 1.21. The van der Waals surface area contributed by atoms with Gasteiger partial charge in [0.05, 0.1) is 0 Å². The maximum absolute atomic E-state index is 11.4. The Balaban J connectivity index is 4.14. The topological polar surface area (TPSA) is 38.3 Å². The van der Waals surface area contributed by atoms with E-state index in [1.165, 1.54) is 0 Å². The molecule has 0 aromatic rings. The first-order valence-electron chi connectivity index (χ1n) is 5.25. The van der Waals surface area contributed by atoms with Crippen LogP contribution in [-0.4, -0.2) is 17.7 Å². The van der Waals surface area contributed by atoms with Crippen molar-refractivity contribution >= 4 is 6.09 Å². The predicted molar refractivity (Wildman–Crippen MR) is 61.4 cm³/mol. The highest BCUT2D eigenvalue weighted by Gasteiger charge is 2.20. The van der Waals surface area contributed by atoms with E-state index in [0.717, 1.165) is 6.42 Å². The summed E-state index contributed by atoms with van der Waals surface area (Å²) in [5, 5.41) is 2.73. The molecule has 0 aliphatic carbocycles. The lowest BCUT2D eigenvalue weighted by atomic mass is 10.00. The smallest absolute Gasteiger partial charge is 0.407 e. The van der Waals surface area contributed by atoms with Gasteiger partial charge in [0, 0.05) is 12.0 Å². The minimum atomic E-state index is -0.471. The Morgan fingerprint density at radius 1 is 1.53 bits per heavy atom. The van der Waals surface area contributed by atoms with Crippen LogP contribution >= 0.6 is 0 Å². The number of carbonyl (C=O) groups is 1. The Morgan fingerprint density at radius 3 is 2.40 bits per heavy atom. The summed E-state index contributed by atoms with van der Waals surface area (Å²) in [4.78, 5) is 11.4. The number of hydrogen-bond acceptors (Lipinski definition) is 2. The standard InChI is InChI=1S/C12H21NO2/c1-7-10(8-2)9(3)13-11(14)15-12(4,5)6/h1,9-10H,8H2,2-6H3,(H,13,14)/t9-,10-/m0/s1. The van der Waals surface area contributed by atoms with Crippen molar-refractivity contribution in [1.82, 2.24) is 5.32 Å². The summed E-state index contributed by atoms with van der Waals surface area (Å²) in [6, 6.07) is -0.0603. The average molecular weight is 211 g/mol. The number of hydrogen-bond donors (Lipinski definition) is 1. The summed E-state index contributed by atoms with van der Waals surface area (Å²) >= 11 is 0. The number of terminal acetylenes is 1. The molecule has 1 N–H and O–H groups in total. The number of alkyl carbamates (subject to hydrolysis) is 1. The Morgan fingerprint density at radius 2 is 2.07 bits per heavy atom. The molecule has 0 fully saturated rings. The summed E-state index contributed by atoms with van der Waals surface area (Å²) in [5.74, 6) is 2.70. The largest absolute Gasteiger partial charge is 0.444 e. The molecule has 0 aromatic heterocycles. The molecule has 2 atom stereocenters. The van der Waals surface area contributed by atoms with Gasteiger partial charge in [-0.15, -0.1) is 12.3 Å². The summed E-state index contributed by atoms with van der Waals surface area (Å²) in [5.41, 5.74) is -0.471. The van der Waals surface area contributed by atoms with Crippen LogP contribution in [0.15, 0.2) is 0 Å². The van der Waals surface area contributed by atoms with Gasteiger partial charge in [0.15, 0.2) is 0 Å². The lowest BCUT2D eigenvalue weighted by Crippen LogP contribution is -2.40. The Bertz CT molecular complexity index is 247. The van der Waals surface area contributed by atoms with Gasteiger partial charge < -0.3 is 10.1 Å². The molecule has 0 saturated heterocycles. The number of amides is 1. The van der Waals surface area contributed by atoms with Crippen molar-refractivity contribution in [2.24, 2.45) is 5.92 Å². The second-order valence-electron chi connectivity index (χ2n) is 4.62. The van der Waals surface area contributed by atoms with Crippen LogP contribution in [0.2, 0.25) is 0 Å². The van der Waals surface area contributed by atoms with Crippen LogP contribution in [0.25, 0.3) is 0 Å². The van der Waals surface area contributed by atoms with Crippen LogP contribution < -0.4 is 5.32 Å². The first-order chi connectivity index (χ1) is 6.80. The van der Waals surface area contributed by atoms with Crippen LogP contribution in [0.4, 0.5) is 4.79 Å². The monoisotopic (exact) mass is 211 g/mol. The van der Waals surface area contributed by atoms with Crippen LogP contribution in [0.5, 0.6) is 0 Å². The van der Waals surface area contributed by atoms with Gasteiger partial charge >= 0.3 is 6.09 Å². The highest BCUT2D eigenvalue weighted by atomic mass is 16.6. The molecule has 0 saturated carbocycles. The molecule has 3 nitrogen and oxygen atoms in total. The molecular weight excluding hydrogens is 190 g/mol. The fourth-order valence-electron chi connectivity index (χ4n) is 1.21. The minimum Gasteiger partial charge on any atom is -0.444 e. The molecule has 1 amide bonds. The minimum absolute atomic E-state index is 0.0533. The van der Waals surface area contributed by atoms with Crippen molar-refractivity contribution in [1.29, 1.82) is 0 Å². The Hall–Kier alpha value is -1.17. The highest BCUT2D eigenvalue weighted by molar-refractivity contribution is 5.68. The van der Waals surface area contributed by atoms with E-state index >= 15 is 0 Å². The normalized spacial score (nSPS) is 14.9. The SMILES string of the molecule is C#C[C@@H](CC)[C@H](C)NC(=O)OC(C)(C)C. The molecule has 0 radical (unpaired) electrons. The molecule has 0 aliphatic rings. The summed E-state index contributed by atoms with van der Waals surface area (Å²) in [7, 11) is 0. The van der Waals surface area contributed by atoms with Crippen molar-refractivity contribution in [2.75, 3.05) is 0 Å². The summed E-state index contributed by atoms with van der Waals surface area (Å²) < 4.78 is 5.13. The lowest BCUT2D eigenvalue weighted by Gasteiger charge is -2.23. The fraction of sp³-hybridized carbons (Fsp3) is 0.750. The number of rotatable bonds is 3. The second kappa shape index (κ2) is 5.65. The molecule has 15 heavy (non-hydrogen) atoms. The van der Waals surface area contributed by atoms with E-state index in [1.54, 1.807) is 0 Å². The molecule has 0 aromatic carbocycles. The maximum Gasteiger partial charge on any atom is 0.407 e. The average Bonchev–Trinajstić information content (AvgIpc) is 2.02. The first kappa shape index (κ1) is 13.8. The molecule has 86 valence electrons. The molecule has 0 spiro atoms. The molecule has 0 unspecified atom stereocenters. The highest BCUT2D eigenvalue weighted by Crippen LogP contribution is 2.10. The lowest BCUT2D eigenvalue weighted by molar-refractivity contribution is 0.0498. The zero-order chi connectivity index (χ0) is 12.1. The van der Waals surface area contributed by atoms with Gasteiger partial charge in [0.25, 0.3) is 0 Å². The summed E-state index contributed by atoms with van der Waals surface area (Å²) in [6.07, 6.45) is 5.77. The van der Waals surface area contributed by atoms with E-state index in [9.17, 15) is 4.79 Å². The van der Waals surface area contributed by atoms with Crippen molar-refractivity contribution in [2.45, 2.75) is 52.7 Å². The van der Waals surface area contributed by atoms with Gasteiger partial charge in [-0.1, -0.05) is 6.92 Å². The quantitative estimate of drug-likeness (QED) is 0.729. The van der Waals surface area contributed by atoms with Gasteiger partial charge in [-0.05, 0) is 34.1 Å². The Labute approximate surface area is 92.6 Å². The number of nitrogens with one attached hydrogen (secondary N) is 1.